The van der Waals surface area contributed by atoms with Gasteiger partial charge in [-0.15, -0.1) is 0 Å². The molecule has 0 spiro atoms. The van der Waals surface area contributed by atoms with E-state index in [0.717, 1.165) is 36.1 Å². The molecule has 4 atom stereocenters. The van der Waals surface area contributed by atoms with E-state index >= 15 is 0 Å². The number of nitrogens with zero attached hydrogens (tertiary/aromatic N) is 3. The highest BCUT2D eigenvalue weighted by Gasteiger charge is 2.47. The summed E-state index contributed by atoms with van der Waals surface area (Å²) in [5, 5.41) is 3.96. The smallest absolute Gasteiger partial charge is 0.410 e. The molecule has 2 fully saturated rings. The number of anilines is 1. The van der Waals surface area contributed by atoms with Crippen LogP contribution in [0.5, 0.6) is 5.75 Å². The number of rotatable bonds is 6. The van der Waals surface area contributed by atoms with E-state index in [1.807, 2.05) is 32.9 Å². The minimum Gasteiger partial charge on any atom is -0.497 e. The zero-order valence-corrected chi connectivity index (χ0v) is 25.1. The molecule has 6 rings (SSSR count). The van der Waals surface area contributed by atoms with Crippen LogP contribution in [0.1, 0.15) is 51.5 Å². The number of ether oxygens (including phenoxy) is 2. The topological polar surface area (TPSA) is 135 Å². The molecule has 2 aromatic heterocycles. The van der Waals surface area contributed by atoms with Gasteiger partial charge in [0.25, 0.3) is 0 Å². The molecular formula is C31H37ClN6O4. The second-order valence-corrected chi connectivity index (χ2v) is 12.9. The lowest BCUT2D eigenvalue weighted by Gasteiger charge is -2.34. The van der Waals surface area contributed by atoms with Gasteiger partial charge in [-0.3, -0.25) is 4.79 Å². The van der Waals surface area contributed by atoms with Crippen molar-refractivity contribution in [1.82, 2.24) is 19.9 Å². The monoisotopic (exact) mass is 592 g/mol. The minimum atomic E-state index is -0.533. The van der Waals surface area contributed by atoms with Crippen molar-refractivity contribution in [2.75, 3.05) is 25.5 Å². The summed E-state index contributed by atoms with van der Waals surface area (Å²) in [4.78, 5) is 39.6. The summed E-state index contributed by atoms with van der Waals surface area (Å²) in [6, 6.07) is 5.81. The predicted molar refractivity (Wildman–Crippen MR) is 162 cm³/mol. The number of primary amides is 1. The molecule has 11 heteroatoms. The number of likely N-dealkylation sites (tertiary alicyclic amines) is 1. The molecule has 2 bridgehead atoms. The molecule has 3 heterocycles. The number of amides is 2. The molecule has 2 amide bonds. The van der Waals surface area contributed by atoms with Gasteiger partial charge in [0.1, 0.15) is 22.7 Å². The number of piperidine rings is 1. The Bertz CT molecular complexity index is 1550. The molecule has 1 aliphatic heterocycles. The van der Waals surface area contributed by atoms with Crippen LogP contribution in [0, 0.1) is 17.8 Å². The largest absolute Gasteiger partial charge is 0.497 e. The average Bonchev–Trinajstić information content (AvgIpc) is 3.68. The Kier molecular flexibility index (Phi) is 7.29. The van der Waals surface area contributed by atoms with Crippen LogP contribution >= 0.6 is 11.6 Å². The van der Waals surface area contributed by atoms with Gasteiger partial charge in [0.15, 0.2) is 5.65 Å². The number of allylic oxidation sites excluding steroid dienone is 1. The van der Waals surface area contributed by atoms with Crippen LogP contribution in [0.4, 0.5) is 10.5 Å². The Balaban J connectivity index is 1.30. The number of nitrogens with two attached hydrogens (primary N) is 1. The molecule has 0 radical (unpaired) electrons. The van der Waals surface area contributed by atoms with Crippen molar-refractivity contribution in [1.29, 1.82) is 0 Å². The third kappa shape index (κ3) is 5.28. The molecule has 1 saturated heterocycles. The van der Waals surface area contributed by atoms with Gasteiger partial charge in [-0.2, -0.15) is 0 Å². The normalized spacial score (nSPS) is 23.9. The van der Waals surface area contributed by atoms with Crippen molar-refractivity contribution in [3.05, 3.63) is 47.1 Å². The van der Waals surface area contributed by atoms with Crippen LogP contribution in [0.25, 0.3) is 22.6 Å². The molecule has 1 aromatic carbocycles. The molecule has 42 heavy (non-hydrogen) atoms. The fraction of sp³-hybridized carbons (Fsp3) is 0.484. The molecule has 3 aromatic rings. The van der Waals surface area contributed by atoms with Gasteiger partial charge in [0, 0.05) is 24.7 Å². The van der Waals surface area contributed by atoms with Gasteiger partial charge in [0.2, 0.25) is 5.91 Å². The summed E-state index contributed by atoms with van der Waals surface area (Å²) in [7, 11) is 1.65. The minimum absolute atomic E-state index is 0.138. The number of carbonyl (C=O) groups is 2. The second-order valence-electron chi connectivity index (χ2n) is 12.5. The molecule has 3 aliphatic rings. The maximum absolute atomic E-state index is 12.6. The van der Waals surface area contributed by atoms with E-state index in [-0.39, 0.29) is 41.7 Å². The Morgan fingerprint density at radius 3 is 2.60 bits per heavy atom. The quantitative estimate of drug-likeness (QED) is 0.322. The molecule has 2 aliphatic carbocycles. The van der Waals surface area contributed by atoms with Crippen molar-refractivity contribution < 1.29 is 19.1 Å². The van der Waals surface area contributed by atoms with E-state index in [0.29, 0.717) is 40.8 Å². The SMILES string of the molecule is COc1ccc(-c2nc3c(N[C@H]4[C@H](C(N)=O)[C@@H]5C=C[C@@H]4C5)c(Cl)cnc3[nH]2)c(C2CCN(C(=O)OC(C)(C)C)CC2)c1. The molecule has 222 valence electrons. The van der Waals surface area contributed by atoms with Crippen molar-refractivity contribution in [3.8, 4) is 17.1 Å². The first-order valence-electron chi connectivity index (χ1n) is 14.5. The van der Waals surface area contributed by atoms with E-state index in [4.69, 9.17) is 31.8 Å². The van der Waals surface area contributed by atoms with E-state index in [1.165, 1.54) is 0 Å². The molecule has 1 saturated carbocycles. The number of carbonyl (C=O) groups excluding carboxylic acids is 2. The third-order valence-corrected chi connectivity index (χ3v) is 8.95. The van der Waals surface area contributed by atoms with Crippen LogP contribution in [-0.4, -0.2) is 63.7 Å². The van der Waals surface area contributed by atoms with Gasteiger partial charge >= 0.3 is 6.09 Å². The number of H-pyrrole nitrogens is 1. The number of nitrogens with one attached hydrogen (secondary N) is 2. The first kappa shape index (κ1) is 28.3. The highest BCUT2D eigenvalue weighted by molar-refractivity contribution is 6.34. The summed E-state index contributed by atoms with van der Waals surface area (Å²) in [5.41, 5.74) is 9.13. The van der Waals surface area contributed by atoms with Crippen molar-refractivity contribution in [2.24, 2.45) is 23.5 Å². The standard InChI is InChI=1S/C31H37ClN6O4/c1-31(2,3)42-30(40)38-11-9-16(10-12-38)21-14-19(41-4)7-8-20(21)28-36-26-25(22(32)15-34-29(26)37-28)35-24-18-6-5-17(13-18)23(24)27(33)39/h5-8,14-18,23-24H,9-13H2,1-4H3,(H2,33,39)(H2,34,35,36,37)/t17-,18-,23-,24-/m1/s1. The van der Waals surface area contributed by atoms with Crippen LogP contribution in [0.3, 0.4) is 0 Å². The summed E-state index contributed by atoms with van der Waals surface area (Å²) >= 11 is 6.67. The third-order valence-electron chi connectivity index (χ3n) is 8.67. The van der Waals surface area contributed by atoms with Crippen LogP contribution in [0.2, 0.25) is 5.02 Å². The van der Waals surface area contributed by atoms with E-state index in [2.05, 4.69) is 33.5 Å². The summed E-state index contributed by atoms with van der Waals surface area (Å²) in [5.74, 6) is 1.32. The number of hydrogen-bond donors (Lipinski definition) is 3. The maximum atomic E-state index is 12.6. The van der Waals surface area contributed by atoms with Crippen LogP contribution < -0.4 is 15.8 Å². The number of aromatic amines is 1. The van der Waals surface area contributed by atoms with Gasteiger partial charge in [-0.1, -0.05) is 23.8 Å². The molecule has 10 nitrogen and oxygen atoms in total. The Morgan fingerprint density at radius 1 is 1.17 bits per heavy atom. The highest BCUT2D eigenvalue weighted by atomic mass is 35.5. The predicted octanol–water partition coefficient (Wildman–Crippen LogP) is 5.49. The van der Waals surface area contributed by atoms with Gasteiger partial charge in [-0.25, -0.2) is 14.8 Å². The summed E-state index contributed by atoms with van der Waals surface area (Å²) < 4.78 is 11.2. The van der Waals surface area contributed by atoms with E-state index in [1.54, 1.807) is 18.2 Å². The van der Waals surface area contributed by atoms with Crippen molar-refractivity contribution in [2.45, 2.75) is 57.6 Å². The fourth-order valence-corrected chi connectivity index (χ4v) is 6.88. The lowest BCUT2D eigenvalue weighted by molar-refractivity contribution is -0.122. The Labute approximate surface area is 250 Å². The van der Waals surface area contributed by atoms with E-state index in [9.17, 15) is 9.59 Å². The number of halogens is 1. The number of imidazole rings is 1. The lowest BCUT2D eigenvalue weighted by atomic mass is 9.86. The number of pyridine rings is 1. The Morgan fingerprint density at radius 2 is 1.90 bits per heavy atom. The summed E-state index contributed by atoms with van der Waals surface area (Å²) in [6.45, 7) is 6.82. The van der Waals surface area contributed by atoms with Gasteiger partial charge < -0.3 is 30.4 Å². The lowest BCUT2D eigenvalue weighted by Crippen LogP contribution is -2.41. The zero-order valence-electron chi connectivity index (χ0n) is 24.3. The maximum Gasteiger partial charge on any atom is 0.410 e. The number of methoxy groups -OCH3 is 1. The van der Waals surface area contributed by atoms with Crippen LogP contribution in [-0.2, 0) is 9.53 Å². The second kappa shape index (κ2) is 10.8. The first-order valence-corrected chi connectivity index (χ1v) is 14.8. The molecular weight excluding hydrogens is 556 g/mol. The number of benzene rings is 1. The van der Waals surface area contributed by atoms with Gasteiger partial charge in [0.05, 0.1) is 29.9 Å². The van der Waals surface area contributed by atoms with E-state index < -0.39 is 5.60 Å². The van der Waals surface area contributed by atoms with Crippen molar-refractivity contribution >= 4 is 40.5 Å². The molecule has 0 unspecified atom stereocenters. The fourth-order valence-electron chi connectivity index (χ4n) is 6.69. The van der Waals surface area contributed by atoms with Gasteiger partial charge in [-0.05, 0) is 81.5 Å². The number of hydrogen-bond acceptors (Lipinski definition) is 7. The zero-order chi connectivity index (χ0) is 29.8. The first-order chi connectivity index (χ1) is 20.0. The molecule has 4 N–H and O–H groups in total. The van der Waals surface area contributed by atoms with Crippen LogP contribution in [0.15, 0.2) is 36.5 Å². The average molecular weight is 593 g/mol. The summed E-state index contributed by atoms with van der Waals surface area (Å²) in [6.07, 6.45) is 8.02. The number of fused-ring (bicyclic) bond motifs is 3. The van der Waals surface area contributed by atoms with Crippen molar-refractivity contribution in [3.63, 3.8) is 0 Å². The Hall–Kier alpha value is -3.79. The highest BCUT2D eigenvalue weighted by Crippen LogP contribution is 2.46. The number of aromatic nitrogens is 3.